The lowest BCUT2D eigenvalue weighted by atomic mass is 10.00. The maximum absolute atomic E-state index is 10.1. The van der Waals surface area contributed by atoms with E-state index in [0.29, 0.717) is 0 Å². The number of aliphatic hydroxyl groups excluding tert-OH is 5. The van der Waals surface area contributed by atoms with E-state index in [-0.39, 0.29) is 16.5 Å². The summed E-state index contributed by atoms with van der Waals surface area (Å²) in [4.78, 5) is 9.55. The Morgan fingerprint density at radius 1 is 1.17 bits per heavy atom. The first kappa shape index (κ1) is 19.5. The molecule has 2 rings (SSSR count). The molecule has 1 aliphatic heterocycles. The van der Waals surface area contributed by atoms with Crippen molar-refractivity contribution in [2.45, 2.75) is 30.7 Å². The van der Waals surface area contributed by atoms with E-state index in [1.54, 1.807) is 0 Å². The quantitative estimate of drug-likeness (QED) is 0.280. The lowest BCUT2D eigenvalue weighted by Crippen LogP contribution is -2.58. The number of halogens is 1. The molecule has 10 nitrogen and oxygen atoms in total. The Morgan fingerprint density at radius 3 is 2.26 bits per heavy atom. The molecule has 0 saturated carbocycles. The van der Waals surface area contributed by atoms with Crippen molar-refractivity contribution in [3.63, 3.8) is 0 Å². The third-order valence-corrected chi connectivity index (χ3v) is 3.31. The fraction of sp³-hybridized carbons (Fsp3) is 0.500. The summed E-state index contributed by atoms with van der Waals surface area (Å²) in [7, 11) is 0. The summed E-state index contributed by atoms with van der Waals surface area (Å²) in [5, 5.41) is 63.6. The Labute approximate surface area is 134 Å². The lowest BCUT2D eigenvalue weighted by molar-refractivity contribution is -0.384. The molecule has 0 spiro atoms. The highest BCUT2D eigenvalue weighted by molar-refractivity contribution is 6.32. The van der Waals surface area contributed by atoms with Crippen LogP contribution in [-0.2, 0) is 4.74 Å². The van der Waals surface area contributed by atoms with Crippen LogP contribution in [0.4, 0.5) is 5.69 Å². The molecule has 130 valence electrons. The maximum atomic E-state index is 10.1. The number of nitro groups is 1. The third kappa shape index (κ3) is 4.97. The highest BCUT2D eigenvalue weighted by atomic mass is 35.5. The number of nitrogens with zero attached hydrogens (tertiary/aromatic N) is 1. The van der Waals surface area contributed by atoms with Crippen LogP contribution in [0.2, 0.25) is 5.02 Å². The van der Waals surface area contributed by atoms with Crippen molar-refractivity contribution >= 4 is 17.3 Å². The van der Waals surface area contributed by atoms with Gasteiger partial charge >= 0.3 is 0 Å². The predicted octanol–water partition coefficient (Wildman–Crippen LogP) is -1.27. The number of phenols is 1. The molecule has 0 amide bonds. The SMILES string of the molecule is O=[N+]([O-])c1ccc(O)c(Cl)c1.OC[C@H]1OC(O)[C@H](O)[C@@H](O)[C@H]1O. The topological polar surface area (TPSA) is 174 Å². The molecule has 1 heterocycles. The Bertz CT molecular complexity index is 539. The average Bonchev–Trinajstić information content (AvgIpc) is 2.52. The summed E-state index contributed by atoms with van der Waals surface area (Å²) in [6, 6.07) is 3.46. The lowest BCUT2D eigenvalue weighted by Gasteiger charge is -2.37. The molecule has 0 aromatic heterocycles. The van der Waals surface area contributed by atoms with Gasteiger partial charge in [-0.1, -0.05) is 11.6 Å². The number of aliphatic hydroxyl groups is 5. The molecule has 0 bridgehead atoms. The Balaban J connectivity index is 0.000000231. The molecule has 5 atom stereocenters. The summed E-state index contributed by atoms with van der Waals surface area (Å²) in [5.41, 5.74) is -0.132. The number of non-ortho nitro benzene ring substituents is 1. The number of rotatable bonds is 2. The summed E-state index contributed by atoms with van der Waals surface area (Å²) < 4.78 is 4.58. The number of aromatic hydroxyl groups is 1. The second kappa shape index (κ2) is 8.36. The molecule has 0 aliphatic carbocycles. The van der Waals surface area contributed by atoms with Crippen LogP contribution in [-0.4, -0.2) is 72.9 Å². The second-order valence-corrected chi connectivity index (χ2v) is 5.02. The van der Waals surface area contributed by atoms with Gasteiger partial charge in [-0.3, -0.25) is 10.1 Å². The zero-order valence-corrected chi connectivity index (χ0v) is 12.3. The number of hydrogen-bond acceptors (Lipinski definition) is 9. The minimum Gasteiger partial charge on any atom is -0.506 e. The van der Waals surface area contributed by atoms with E-state index in [4.69, 9.17) is 42.2 Å². The van der Waals surface area contributed by atoms with Gasteiger partial charge in [-0.2, -0.15) is 0 Å². The zero-order valence-electron chi connectivity index (χ0n) is 11.6. The van der Waals surface area contributed by atoms with Gasteiger partial charge in [-0.25, -0.2) is 0 Å². The van der Waals surface area contributed by atoms with Crippen molar-refractivity contribution in [1.29, 1.82) is 0 Å². The van der Waals surface area contributed by atoms with Crippen LogP contribution in [0.5, 0.6) is 5.75 Å². The van der Waals surface area contributed by atoms with E-state index < -0.39 is 42.2 Å². The molecule has 1 aromatic carbocycles. The average molecular weight is 354 g/mol. The number of ether oxygens (including phenoxy) is 1. The molecule has 1 unspecified atom stereocenters. The van der Waals surface area contributed by atoms with Crippen LogP contribution >= 0.6 is 11.6 Å². The zero-order chi connectivity index (χ0) is 17.7. The molecule has 0 radical (unpaired) electrons. The second-order valence-electron chi connectivity index (χ2n) is 4.61. The van der Waals surface area contributed by atoms with Crippen molar-refractivity contribution in [2.75, 3.05) is 6.61 Å². The highest BCUT2D eigenvalue weighted by Gasteiger charge is 2.42. The Hall–Kier alpha value is -1.53. The van der Waals surface area contributed by atoms with Gasteiger partial charge in [0, 0.05) is 12.1 Å². The van der Waals surface area contributed by atoms with Crippen LogP contribution in [0, 0.1) is 10.1 Å². The van der Waals surface area contributed by atoms with Gasteiger partial charge in [-0.15, -0.1) is 0 Å². The van der Waals surface area contributed by atoms with Crippen LogP contribution in [0.25, 0.3) is 0 Å². The number of phenolic OH excluding ortho intramolecular Hbond substituents is 1. The monoisotopic (exact) mass is 353 g/mol. The molecule has 11 heteroatoms. The first-order valence-corrected chi connectivity index (χ1v) is 6.68. The van der Waals surface area contributed by atoms with Gasteiger partial charge in [0.2, 0.25) is 0 Å². The molecule has 23 heavy (non-hydrogen) atoms. The predicted molar refractivity (Wildman–Crippen MR) is 75.8 cm³/mol. The minimum absolute atomic E-state index is 0.0146. The first-order chi connectivity index (χ1) is 10.7. The van der Waals surface area contributed by atoms with Crippen molar-refractivity contribution < 1.29 is 40.3 Å². The standard InChI is InChI=1S/C6H4ClNO3.C6H12O6/c7-5-3-4(8(10)11)1-2-6(5)9;7-1-2-3(8)4(9)5(10)6(11)12-2/h1-3,9H;2-11H,1H2/t;2-,3+,4+,5-,6?/m.1/s1. The van der Waals surface area contributed by atoms with E-state index in [9.17, 15) is 10.1 Å². The van der Waals surface area contributed by atoms with Gasteiger partial charge in [0.25, 0.3) is 5.69 Å². The van der Waals surface area contributed by atoms with Gasteiger partial charge in [-0.05, 0) is 6.07 Å². The van der Waals surface area contributed by atoms with Crippen LogP contribution in [0.3, 0.4) is 0 Å². The molecular formula is C12H16ClNO9. The van der Waals surface area contributed by atoms with E-state index in [1.165, 1.54) is 12.1 Å². The number of nitro benzene ring substituents is 1. The summed E-state index contributed by atoms with van der Waals surface area (Å²) in [6.07, 6.45) is -7.04. The Kier molecular flexibility index (Phi) is 7.09. The van der Waals surface area contributed by atoms with Gasteiger partial charge in [0.1, 0.15) is 30.2 Å². The number of benzene rings is 1. The van der Waals surface area contributed by atoms with Crippen molar-refractivity contribution in [3.8, 4) is 5.75 Å². The van der Waals surface area contributed by atoms with Gasteiger partial charge in [0.05, 0.1) is 16.6 Å². The van der Waals surface area contributed by atoms with E-state index in [0.717, 1.165) is 6.07 Å². The summed E-state index contributed by atoms with van der Waals surface area (Å²) >= 11 is 5.40. The van der Waals surface area contributed by atoms with Crippen molar-refractivity contribution in [1.82, 2.24) is 0 Å². The van der Waals surface area contributed by atoms with Crippen LogP contribution in [0.1, 0.15) is 0 Å². The smallest absolute Gasteiger partial charge is 0.271 e. The van der Waals surface area contributed by atoms with Crippen LogP contribution < -0.4 is 0 Å². The van der Waals surface area contributed by atoms with Gasteiger partial charge in [0.15, 0.2) is 6.29 Å². The largest absolute Gasteiger partial charge is 0.506 e. The summed E-state index contributed by atoms with van der Waals surface area (Å²) in [5.74, 6) is -0.155. The fourth-order valence-electron chi connectivity index (χ4n) is 1.69. The molecule has 1 aliphatic rings. The fourth-order valence-corrected chi connectivity index (χ4v) is 1.87. The highest BCUT2D eigenvalue weighted by Crippen LogP contribution is 2.26. The third-order valence-electron chi connectivity index (χ3n) is 3.01. The van der Waals surface area contributed by atoms with Crippen LogP contribution in [0.15, 0.2) is 18.2 Å². The maximum Gasteiger partial charge on any atom is 0.271 e. The molecule has 1 aromatic rings. The molecular weight excluding hydrogens is 338 g/mol. The van der Waals surface area contributed by atoms with Gasteiger partial charge < -0.3 is 35.4 Å². The summed E-state index contributed by atoms with van der Waals surface area (Å²) in [6.45, 7) is -0.526. The van der Waals surface area contributed by atoms with E-state index >= 15 is 0 Å². The van der Waals surface area contributed by atoms with Crippen molar-refractivity contribution in [3.05, 3.63) is 33.3 Å². The minimum atomic E-state index is -1.57. The molecule has 1 fully saturated rings. The molecule has 1 saturated heterocycles. The molecule has 6 N–H and O–H groups in total. The van der Waals surface area contributed by atoms with Crippen molar-refractivity contribution in [2.24, 2.45) is 0 Å². The van der Waals surface area contributed by atoms with E-state index in [1.807, 2.05) is 0 Å². The normalized spacial score (nSPS) is 30.3. The Morgan fingerprint density at radius 2 is 1.78 bits per heavy atom. The number of hydrogen-bond donors (Lipinski definition) is 6. The first-order valence-electron chi connectivity index (χ1n) is 6.30. The van der Waals surface area contributed by atoms with E-state index in [2.05, 4.69) is 4.74 Å².